The quantitative estimate of drug-likeness (QED) is 0.520. The van der Waals surface area contributed by atoms with Gasteiger partial charge in [-0.1, -0.05) is 36.4 Å². The molecule has 2 aromatic carbocycles. The summed E-state index contributed by atoms with van der Waals surface area (Å²) in [6.07, 6.45) is 0. The number of nitrogens with one attached hydrogen (secondary N) is 2. The largest absolute Gasteiger partial charge is 0.383 e. The third kappa shape index (κ3) is 6.85. The van der Waals surface area contributed by atoms with E-state index in [1.807, 2.05) is 30.3 Å². The second-order valence-electron chi connectivity index (χ2n) is 7.96. The molecule has 1 fully saturated rings. The lowest BCUT2D eigenvalue weighted by Crippen LogP contribution is -2.47. The molecular formula is C23H32N4O4S. The fraction of sp³-hybridized carbons (Fsp3) is 0.435. The van der Waals surface area contributed by atoms with Crippen LogP contribution in [0.15, 0.2) is 59.5 Å². The maximum atomic E-state index is 13.1. The number of rotatable bonds is 10. The van der Waals surface area contributed by atoms with Crippen LogP contribution >= 0.6 is 0 Å². The number of sulfonamides is 1. The third-order valence-corrected chi connectivity index (χ3v) is 7.01. The van der Waals surface area contributed by atoms with E-state index in [9.17, 15) is 13.2 Å². The minimum Gasteiger partial charge on any atom is -0.383 e. The smallest absolute Gasteiger partial charge is 0.251 e. The first kappa shape index (κ1) is 24.3. The van der Waals surface area contributed by atoms with Crippen LogP contribution in [0.25, 0.3) is 0 Å². The Labute approximate surface area is 190 Å². The molecule has 32 heavy (non-hydrogen) atoms. The number of hydrogen-bond acceptors (Lipinski definition) is 6. The van der Waals surface area contributed by atoms with Gasteiger partial charge in [0, 0.05) is 51.9 Å². The van der Waals surface area contributed by atoms with E-state index in [1.165, 1.54) is 19.2 Å². The van der Waals surface area contributed by atoms with Gasteiger partial charge in [-0.15, -0.1) is 0 Å². The molecule has 0 radical (unpaired) electrons. The van der Waals surface area contributed by atoms with Crippen molar-refractivity contribution in [1.82, 2.24) is 19.8 Å². The maximum absolute atomic E-state index is 13.1. The highest BCUT2D eigenvalue weighted by Gasteiger charge is 2.22. The van der Waals surface area contributed by atoms with Crippen molar-refractivity contribution in [2.45, 2.75) is 10.9 Å². The minimum absolute atomic E-state index is 0.0524. The maximum Gasteiger partial charge on any atom is 0.251 e. The minimum atomic E-state index is -3.72. The Morgan fingerprint density at radius 2 is 1.78 bits per heavy atom. The Morgan fingerprint density at radius 3 is 2.47 bits per heavy atom. The molecule has 2 aromatic rings. The standard InChI is InChI=1S/C23H32N4O4S/c1-26-12-14-27(15-13-26)18-22(19-7-4-3-5-8-19)25-23(28)20-9-6-10-21(17-20)32(29,30)24-11-16-31-2/h3-10,17,22,24H,11-16,18H2,1-2H3,(H,25,28). The number of hydrogen-bond donors (Lipinski definition) is 2. The normalized spacial score (nSPS) is 16.6. The van der Waals surface area contributed by atoms with Crippen molar-refractivity contribution < 1.29 is 17.9 Å². The van der Waals surface area contributed by atoms with Crippen molar-refractivity contribution in [3.63, 3.8) is 0 Å². The van der Waals surface area contributed by atoms with Gasteiger partial charge in [0.1, 0.15) is 0 Å². The summed E-state index contributed by atoms with van der Waals surface area (Å²) < 4.78 is 32.4. The summed E-state index contributed by atoms with van der Waals surface area (Å²) in [5.74, 6) is -0.304. The molecule has 1 aliphatic heterocycles. The molecule has 0 saturated carbocycles. The number of carbonyl (C=O) groups excluding carboxylic acids is 1. The van der Waals surface area contributed by atoms with E-state index in [0.29, 0.717) is 12.1 Å². The summed E-state index contributed by atoms with van der Waals surface area (Å²) in [7, 11) is -0.105. The molecule has 1 heterocycles. The molecule has 174 valence electrons. The van der Waals surface area contributed by atoms with Crippen LogP contribution in [0.2, 0.25) is 0 Å². The van der Waals surface area contributed by atoms with Gasteiger partial charge >= 0.3 is 0 Å². The first-order chi connectivity index (χ1) is 15.4. The Morgan fingerprint density at radius 1 is 1.06 bits per heavy atom. The van der Waals surface area contributed by atoms with Crippen LogP contribution in [-0.2, 0) is 14.8 Å². The molecule has 0 spiro atoms. The van der Waals surface area contributed by atoms with Gasteiger partial charge in [-0.25, -0.2) is 13.1 Å². The summed E-state index contributed by atoms with van der Waals surface area (Å²) >= 11 is 0. The number of ether oxygens (including phenoxy) is 1. The highest BCUT2D eigenvalue weighted by atomic mass is 32.2. The van der Waals surface area contributed by atoms with Crippen LogP contribution in [0, 0.1) is 0 Å². The van der Waals surface area contributed by atoms with Gasteiger partial charge in [0.15, 0.2) is 0 Å². The topological polar surface area (TPSA) is 91.0 Å². The summed E-state index contributed by atoms with van der Waals surface area (Å²) in [4.78, 5) is 17.8. The highest BCUT2D eigenvalue weighted by molar-refractivity contribution is 7.89. The zero-order chi connectivity index (χ0) is 23.0. The van der Waals surface area contributed by atoms with Crippen molar-refractivity contribution in [3.8, 4) is 0 Å². The monoisotopic (exact) mass is 460 g/mol. The molecule has 0 bridgehead atoms. The van der Waals surface area contributed by atoms with E-state index in [1.54, 1.807) is 12.1 Å². The highest BCUT2D eigenvalue weighted by Crippen LogP contribution is 2.18. The molecule has 1 saturated heterocycles. The second kappa shape index (κ2) is 11.5. The number of amides is 1. The second-order valence-corrected chi connectivity index (χ2v) is 9.73. The van der Waals surface area contributed by atoms with Crippen LogP contribution in [0.4, 0.5) is 0 Å². The zero-order valence-electron chi connectivity index (χ0n) is 18.7. The summed E-state index contributed by atoms with van der Waals surface area (Å²) in [5, 5.41) is 3.11. The predicted octanol–water partition coefficient (Wildman–Crippen LogP) is 1.33. The average Bonchev–Trinajstić information content (AvgIpc) is 2.81. The van der Waals surface area contributed by atoms with Crippen LogP contribution in [0.5, 0.6) is 0 Å². The average molecular weight is 461 g/mol. The fourth-order valence-electron chi connectivity index (χ4n) is 3.62. The van der Waals surface area contributed by atoms with Crippen LogP contribution in [-0.4, -0.2) is 84.2 Å². The molecule has 9 heteroatoms. The first-order valence-corrected chi connectivity index (χ1v) is 12.2. The van der Waals surface area contributed by atoms with Gasteiger partial charge in [0.2, 0.25) is 10.0 Å². The SMILES string of the molecule is COCCNS(=O)(=O)c1cccc(C(=O)NC(CN2CCN(C)CC2)c2ccccc2)c1. The van der Waals surface area contributed by atoms with E-state index < -0.39 is 10.0 Å². The zero-order valence-corrected chi connectivity index (χ0v) is 19.5. The van der Waals surface area contributed by atoms with Crippen molar-refractivity contribution in [2.24, 2.45) is 0 Å². The number of likely N-dealkylation sites (N-methyl/N-ethyl adjacent to an activating group) is 1. The predicted molar refractivity (Wildman–Crippen MR) is 124 cm³/mol. The third-order valence-electron chi connectivity index (χ3n) is 5.55. The van der Waals surface area contributed by atoms with Crippen molar-refractivity contribution >= 4 is 15.9 Å². The first-order valence-electron chi connectivity index (χ1n) is 10.7. The molecule has 2 N–H and O–H groups in total. The van der Waals surface area contributed by atoms with Crippen molar-refractivity contribution in [3.05, 3.63) is 65.7 Å². The Hall–Kier alpha value is -2.30. The lowest BCUT2D eigenvalue weighted by Gasteiger charge is -2.35. The van der Waals surface area contributed by atoms with Gasteiger partial charge in [-0.05, 0) is 30.8 Å². The molecule has 1 atom stereocenters. The summed E-state index contributed by atoms with van der Waals surface area (Å²) in [6, 6.07) is 15.8. The van der Waals surface area contributed by atoms with E-state index in [-0.39, 0.29) is 30.0 Å². The van der Waals surface area contributed by atoms with Gasteiger partial charge in [-0.2, -0.15) is 0 Å². The number of nitrogens with zero attached hydrogens (tertiary/aromatic N) is 2. The lowest BCUT2D eigenvalue weighted by atomic mass is 10.0. The molecule has 1 unspecified atom stereocenters. The number of piperazine rings is 1. The van der Waals surface area contributed by atoms with Crippen LogP contribution in [0.1, 0.15) is 22.0 Å². The van der Waals surface area contributed by atoms with E-state index in [0.717, 1.165) is 31.7 Å². The van der Waals surface area contributed by atoms with E-state index in [2.05, 4.69) is 26.9 Å². The van der Waals surface area contributed by atoms with E-state index in [4.69, 9.17) is 4.74 Å². The van der Waals surface area contributed by atoms with Gasteiger partial charge in [0.05, 0.1) is 17.5 Å². The Balaban J connectivity index is 1.74. The molecule has 1 amide bonds. The number of benzene rings is 2. The molecular weight excluding hydrogens is 428 g/mol. The summed E-state index contributed by atoms with van der Waals surface area (Å²) in [6.45, 7) is 4.99. The van der Waals surface area contributed by atoms with Gasteiger partial charge in [0.25, 0.3) is 5.91 Å². The van der Waals surface area contributed by atoms with E-state index >= 15 is 0 Å². The van der Waals surface area contributed by atoms with Gasteiger partial charge in [-0.3, -0.25) is 9.69 Å². The number of carbonyl (C=O) groups is 1. The van der Waals surface area contributed by atoms with Crippen molar-refractivity contribution in [2.75, 3.05) is 60.0 Å². The molecule has 0 aliphatic carbocycles. The molecule has 3 rings (SSSR count). The summed E-state index contributed by atoms with van der Waals surface area (Å²) in [5.41, 5.74) is 1.32. The van der Waals surface area contributed by atoms with Gasteiger partial charge < -0.3 is 15.0 Å². The fourth-order valence-corrected chi connectivity index (χ4v) is 4.67. The Kier molecular flexibility index (Phi) is 8.77. The van der Waals surface area contributed by atoms with Crippen LogP contribution in [0.3, 0.4) is 0 Å². The molecule has 0 aromatic heterocycles. The van der Waals surface area contributed by atoms with Crippen LogP contribution < -0.4 is 10.0 Å². The number of methoxy groups -OCH3 is 1. The molecule has 1 aliphatic rings. The Bertz CT molecular complexity index is 977. The lowest BCUT2D eigenvalue weighted by molar-refractivity contribution is 0.0907. The van der Waals surface area contributed by atoms with Crippen molar-refractivity contribution in [1.29, 1.82) is 0 Å². The molecule has 8 nitrogen and oxygen atoms in total.